The molecule has 5 rings (SSSR count). The summed E-state index contributed by atoms with van der Waals surface area (Å²) in [5.41, 5.74) is 2.88. The minimum absolute atomic E-state index is 0.0745. The summed E-state index contributed by atoms with van der Waals surface area (Å²) in [6, 6.07) is 15.0. The number of methoxy groups -OCH3 is 1. The molecule has 0 spiro atoms. The molecule has 0 N–H and O–H groups in total. The summed E-state index contributed by atoms with van der Waals surface area (Å²) in [5, 5.41) is 11.3. The van der Waals surface area contributed by atoms with E-state index in [4.69, 9.17) is 9.47 Å². The minimum atomic E-state index is -0.446. The SMILES string of the molecule is CCOC(=O)c1cnn(-c2nc(OC)c3c(cnn3CCC(C)(C)c3ccc4ccccc4c3)n2)c1. The van der Waals surface area contributed by atoms with Gasteiger partial charge in [-0.25, -0.2) is 14.5 Å². The number of hydrogen-bond acceptors (Lipinski definition) is 7. The van der Waals surface area contributed by atoms with Gasteiger partial charge in [-0.3, -0.25) is 4.68 Å². The van der Waals surface area contributed by atoms with Gasteiger partial charge in [-0.1, -0.05) is 56.3 Å². The maximum Gasteiger partial charge on any atom is 0.341 e. The summed E-state index contributed by atoms with van der Waals surface area (Å²) in [6.45, 7) is 7.19. The van der Waals surface area contributed by atoms with Gasteiger partial charge in [0.1, 0.15) is 11.0 Å². The van der Waals surface area contributed by atoms with Gasteiger partial charge < -0.3 is 9.47 Å². The number of aromatic nitrogens is 6. The van der Waals surface area contributed by atoms with Crippen molar-refractivity contribution in [3.05, 3.63) is 72.2 Å². The molecule has 184 valence electrons. The van der Waals surface area contributed by atoms with E-state index in [9.17, 15) is 4.79 Å². The number of carbonyl (C=O) groups is 1. The van der Waals surface area contributed by atoms with Gasteiger partial charge in [0.15, 0.2) is 0 Å². The largest absolute Gasteiger partial charge is 0.479 e. The van der Waals surface area contributed by atoms with Crippen molar-refractivity contribution in [1.82, 2.24) is 29.5 Å². The minimum Gasteiger partial charge on any atom is -0.479 e. The second kappa shape index (κ2) is 9.41. The van der Waals surface area contributed by atoms with Crippen molar-refractivity contribution in [2.45, 2.75) is 39.2 Å². The Morgan fingerprint density at radius 1 is 1.03 bits per heavy atom. The zero-order chi connectivity index (χ0) is 25.3. The van der Waals surface area contributed by atoms with Crippen LogP contribution in [0.15, 0.2) is 61.1 Å². The number of benzene rings is 2. The first kappa shape index (κ1) is 23.5. The molecule has 0 saturated heterocycles. The van der Waals surface area contributed by atoms with Gasteiger partial charge in [0.2, 0.25) is 5.88 Å². The molecule has 0 aliphatic carbocycles. The highest BCUT2D eigenvalue weighted by Crippen LogP contribution is 2.31. The molecule has 2 aromatic carbocycles. The van der Waals surface area contributed by atoms with E-state index in [1.54, 1.807) is 20.2 Å². The number of aryl methyl sites for hydroxylation is 1. The second-order valence-electron chi connectivity index (χ2n) is 9.22. The highest BCUT2D eigenvalue weighted by molar-refractivity contribution is 5.89. The lowest BCUT2D eigenvalue weighted by Crippen LogP contribution is -2.20. The molecular formula is C27H28N6O3. The standard InChI is InChI=1S/C27H28N6O3/c1-5-36-25(34)20-15-28-33(17-20)26-30-22-16-29-32(23(22)24(31-26)35-4)13-12-27(2,3)21-11-10-18-8-6-7-9-19(18)14-21/h6-11,14-17H,5,12-13H2,1-4H3. The molecular weight excluding hydrogens is 456 g/mol. The first-order chi connectivity index (χ1) is 17.4. The first-order valence-electron chi connectivity index (χ1n) is 11.9. The van der Waals surface area contributed by atoms with Crippen LogP contribution in [0.2, 0.25) is 0 Å². The zero-order valence-corrected chi connectivity index (χ0v) is 20.8. The van der Waals surface area contributed by atoms with E-state index in [-0.39, 0.29) is 18.0 Å². The molecule has 0 saturated carbocycles. The van der Waals surface area contributed by atoms with E-state index in [1.165, 1.54) is 33.4 Å². The van der Waals surface area contributed by atoms with Crippen molar-refractivity contribution < 1.29 is 14.3 Å². The summed E-state index contributed by atoms with van der Waals surface area (Å²) in [4.78, 5) is 21.1. The third-order valence-electron chi connectivity index (χ3n) is 6.42. The maximum atomic E-state index is 12.0. The molecule has 0 atom stereocenters. The molecule has 0 aliphatic heterocycles. The summed E-state index contributed by atoms with van der Waals surface area (Å²) >= 11 is 0. The Labute approximate surface area is 208 Å². The molecule has 9 nitrogen and oxygen atoms in total. The smallest absolute Gasteiger partial charge is 0.341 e. The predicted octanol–water partition coefficient (Wildman–Crippen LogP) is 4.72. The van der Waals surface area contributed by atoms with E-state index < -0.39 is 5.97 Å². The molecule has 0 radical (unpaired) electrons. The Morgan fingerprint density at radius 2 is 1.83 bits per heavy atom. The fraction of sp³-hybridized carbons (Fsp3) is 0.296. The maximum absolute atomic E-state index is 12.0. The van der Waals surface area contributed by atoms with Crippen molar-refractivity contribution in [1.29, 1.82) is 0 Å². The predicted molar refractivity (Wildman–Crippen MR) is 137 cm³/mol. The van der Waals surface area contributed by atoms with E-state index >= 15 is 0 Å². The van der Waals surface area contributed by atoms with Gasteiger partial charge in [-0.05, 0) is 35.1 Å². The van der Waals surface area contributed by atoms with Crippen LogP contribution in [-0.4, -0.2) is 49.2 Å². The van der Waals surface area contributed by atoms with Gasteiger partial charge in [-0.15, -0.1) is 0 Å². The van der Waals surface area contributed by atoms with Crippen molar-refractivity contribution in [2.75, 3.05) is 13.7 Å². The van der Waals surface area contributed by atoms with Gasteiger partial charge in [0.05, 0.1) is 31.7 Å². The number of hydrogen-bond donors (Lipinski definition) is 0. The molecule has 0 bridgehead atoms. The Bertz CT molecular complexity index is 1550. The Morgan fingerprint density at radius 3 is 2.61 bits per heavy atom. The highest BCUT2D eigenvalue weighted by atomic mass is 16.5. The molecule has 0 aliphatic rings. The van der Waals surface area contributed by atoms with Crippen LogP contribution in [-0.2, 0) is 16.7 Å². The Balaban J connectivity index is 1.41. The molecule has 9 heteroatoms. The normalized spacial score (nSPS) is 11.8. The third-order valence-corrected chi connectivity index (χ3v) is 6.42. The van der Waals surface area contributed by atoms with Crippen LogP contribution in [0.3, 0.4) is 0 Å². The Hall–Kier alpha value is -4.27. The van der Waals surface area contributed by atoms with Gasteiger partial charge in [-0.2, -0.15) is 15.2 Å². The van der Waals surface area contributed by atoms with Crippen molar-refractivity contribution >= 4 is 27.8 Å². The lowest BCUT2D eigenvalue weighted by atomic mass is 9.81. The van der Waals surface area contributed by atoms with Crippen LogP contribution in [0.25, 0.3) is 27.8 Å². The molecule has 3 aromatic heterocycles. The first-order valence-corrected chi connectivity index (χ1v) is 11.9. The lowest BCUT2D eigenvalue weighted by molar-refractivity contribution is 0.0526. The fourth-order valence-corrected chi connectivity index (χ4v) is 4.26. The topological polar surface area (TPSA) is 97.0 Å². The monoisotopic (exact) mass is 484 g/mol. The van der Waals surface area contributed by atoms with Crippen LogP contribution in [0.5, 0.6) is 5.88 Å². The van der Waals surface area contributed by atoms with Crippen LogP contribution in [0.4, 0.5) is 0 Å². The molecule has 36 heavy (non-hydrogen) atoms. The van der Waals surface area contributed by atoms with Crippen LogP contribution in [0.1, 0.15) is 43.1 Å². The fourth-order valence-electron chi connectivity index (χ4n) is 4.26. The Kier molecular flexibility index (Phi) is 6.13. The number of ether oxygens (including phenoxy) is 2. The van der Waals surface area contributed by atoms with Gasteiger partial charge >= 0.3 is 5.97 Å². The highest BCUT2D eigenvalue weighted by Gasteiger charge is 2.23. The van der Waals surface area contributed by atoms with E-state index in [2.05, 4.69) is 76.5 Å². The van der Waals surface area contributed by atoms with E-state index in [0.29, 0.717) is 29.0 Å². The van der Waals surface area contributed by atoms with Crippen LogP contribution in [0, 0.1) is 0 Å². The number of carbonyl (C=O) groups excluding carboxylic acids is 1. The lowest BCUT2D eigenvalue weighted by Gasteiger charge is -2.26. The second-order valence-corrected chi connectivity index (χ2v) is 9.22. The molecule has 0 fully saturated rings. The molecule has 5 aromatic rings. The number of fused-ring (bicyclic) bond motifs is 2. The summed E-state index contributed by atoms with van der Waals surface area (Å²) < 4.78 is 13.9. The summed E-state index contributed by atoms with van der Waals surface area (Å²) in [6.07, 6.45) is 5.52. The third kappa shape index (κ3) is 4.39. The van der Waals surface area contributed by atoms with Gasteiger partial charge in [0.25, 0.3) is 5.95 Å². The summed E-state index contributed by atoms with van der Waals surface area (Å²) in [5.74, 6) is 0.230. The molecule has 3 heterocycles. The van der Waals surface area contributed by atoms with Crippen molar-refractivity contribution in [3.63, 3.8) is 0 Å². The van der Waals surface area contributed by atoms with Crippen LogP contribution >= 0.6 is 0 Å². The van der Waals surface area contributed by atoms with Crippen molar-refractivity contribution in [2.24, 2.45) is 0 Å². The average molecular weight is 485 g/mol. The number of nitrogens with zero attached hydrogens (tertiary/aromatic N) is 6. The van der Waals surface area contributed by atoms with Crippen molar-refractivity contribution in [3.8, 4) is 11.8 Å². The summed E-state index contributed by atoms with van der Waals surface area (Å²) in [7, 11) is 1.56. The van der Waals surface area contributed by atoms with E-state index in [0.717, 1.165) is 6.42 Å². The zero-order valence-electron chi connectivity index (χ0n) is 20.8. The van der Waals surface area contributed by atoms with E-state index in [1.807, 2.05) is 4.68 Å². The number of esters is 1. The quantitative estimate of drug-likeness (QED) is 0.294. The van der Waals surface area contributed by atoms with Gasteiger partial charge in [0, 0.05) is 12.7 Å². The average Bonchev–Trinajstić information content (AvgIpc) is 3.54. The molecule has 0 unspecified atom stereocenters. The molecule has 0 amide bonds. The van der Waals surface area contributed by atoms with Crippen LogP contribution < -0.4 is 4.74 Å². The number of rotatable bonds is 8.